The molecule has 0 amide bonds. The zero-order valence-corrected chi connectivity index (χ0v) is 10.5. The minimum atomic E-state index is -0.0421. The molecule has 1 saturated heterocycles. The van der Waals surface area contributed by atoms with Gasteiger partial charge in [0, 0.05) is 11.6 Å². The molecule has 0 aliphatic carbocycles. The second-order valence-corrected chi connectivity index (χ2v) is 5.04. The molecular weight excluding hydrogens is 224 g/mol. The van der Waals surface area contributed by atoms with E-state index in [9.17, 15) is 0 Å². The lowest BCUT2D eigenvalue weighted by molar-refractivity contribution is 0.0401. The molecule has 0 spiro atoms. The maximum absolute atomic E-state index is 6.31. The smallest absolute Gasteiger partial charge is 0.0772 e. The molecule has 2 aromatic rings. The highest BCUT2D eigenvalue weighted by atomic mass is 16.5. The number of aromatic nitrogens is 1. The molecule has 3 rings (SSSR count). The standard InChI is InChI=1S/C15H18N2O/c1-10-4-7-14(18-10)15(16)12-5-6-13-11(9-12)3-2-8-17-13/h2-3,5-6,8-10,14-15H,4,7,16H2,1H3. The largest absolute Gasteiger partial charge is 0.373 e. The number of pyridine rings is 1. The average Bonchev–Trinajstić information content (AvgIpc) is 2.84. The summed E-state index contributed by atoms with van der Waals surface area (Å²) in [5, 5.41) is 1.14. The van der Waals surface area contributed by atoms with Gasteiger partial charge in [-0.15, -0.1) is 0 Å². The van der Waals surface area contributed by atoms with Crippen LogP contribution in [0.25, 0.3) is 10.9 Å². The van der Waals surface area contributed by atoms with Crippen molar-refractivity contribution in [2.24, 2.45) is 5.73 Å². The van der Waals surface area contributed by atoms with Gasteiger partial charge in [-0.25, -0.2) is 0 Å². The van der Waals surface area contributed by atoms with Crippen LogP contribution in [0.5, 0.6) is 0 Å². The molecule has 0 radical (unpaired) electrons. The molecule has 18 heavy (non-hydrogen) atoms. The maximum Gasteiger partial charge on any atom is 0.0772 e. The topological polar surface area (TPSA) is 48.1 Å². The zero-order valence-electron chi connectivity index (χ0n) is 10.5. The van der Waals surface area contributed by atoms with E-state index in [0.717, 1.165) is 29.3 Å². The van der Waals surface area contributed by atoms with Crippen LogP contribution < -0.4 is 5.73 Å². The van der Waals surface area contributed by atoms with E-state index in [2.05, 4.69) is 30.1 Å². The molecular formula is C15H18N2O. The quantitative estimate of drug-likeness (QED) is 0.881. The summed E-state index contributed by atoms with van der Waals surface area (Å²) in [6, 6.07) is 10.2. The summed E-state index contributed by atoms with van der Waals surface area (Å²) >= 11 is 0. The van der Waals surface area contributed by atoms with E-state index in [-0.39, 0.29) is 12.1 Å². The number of benzene rings is 1. The third-order valence-electron chi connectivity index (χ3n) is 3.68. The van der Waals surface area contributed by atoms with Crippen molar-refractivity contribution in [3.63, 3.8) is 0 Å². The molecule has 2 N–H and O–H groups in total. The fraction of sp³-hybridized carbons (Fsp3) is 0.400. The fourth-order valence-corrected chi connectivity index (χ4v) is 2.61. The normalized spacial score (nSPS) is 25.4. The monoisotopic (exact) mass is 242 g/mol. The number of fused-ring (bicyclic) bond motifs is 1. The summed E-state index contributed by atoms with van der Waals surface area (Å²) in [4.78, 5) is 4.32. The Bertz CT molecular complexity index is 555. The first-order valence-corrected chi connectivity index (χ1v) is 6.50. The first kappa shape index (κ1) is 11.6. The van der Waals surface area contributed by atoms with Crippen LogP contribution in [0.1, 0.15) is 31.4 Å². The first-order chi connectivity index (χ1) is 8.74. The van der Waals surface area contributed by atoms with E-state index in [1.807, 2.05) is 18.3 Å². The second kappa shape index (κ2) is 4.67. The number of hydrogen-bond donors (Lipinski definition) is 1. The van der Waals surface area contributed by atoms with Crippen LogP contribution in [0.15, 0.2) is 36.5 Å². The minimum Gasteiger partial charge on any atom is -0.373 e. The molecule has 1 fully saturated rings. The second-order valence-electron chi connectivity index (χ2n) is 5.04. The Morgan fingerprint density at radius 2 is 2.22 bits per heavy atom. The van der Waals surface area contributed by atoms with Gasteiger partial charge in [-0.3, -0.25) is 4.98 Å². The Morgan fingerprint density at radius 3 is 3.00 bits per heavy atom. The van der Waals surface area contributed by atoms with Gasteiger partial charge in [0.15, 0.2) is 0 Å². The van der Waals surface area contributed by atoms with Gasteiger partial charge in [0.05, 0.1) is 23.8 Å². The highest BCUT2D eigenvalue weighted by Crippen LogP contribution is 2.29. The van der Waals surface area contributed by atoms with Crippen LogP contribution in [0.4, 0.5) is 0 Å². The molecule has 3 atom stereocenters. The van der Waals surface area contributed by atoms with Crippen LogP contribution in [-0.4, -0.2) is 17.2 Å². The van der Waals surface area contributed by atoms with Crippen molar-refractivity contribution in [3.8, 4) is 0 Å². The van der Waals surface area contributed by atoms with E-state index in [1.54, 1.807) is 0 Å². The van der Waals surface area contributed by atoms with Gasteiger partial charge >= 0.3 is 0 Å². The van der Waals surface area contributed by atoms with Gasteiger partial charge in [-0.2, -0.15) is 0 Å². The Labute approximate surface area is 107 Å². The molecule has 3 nitrogen and oxygen atoms in total. The van der Waals surface area contributed by atoms with Crippen molar-refractivity contribution < 1.29 is 4.74 Å². The van der Waals surface area contributed by atoms with Crippen molar-refractivity contribution in [2.75, 3.05) is 0 Å². The molecule has 1 aromatic carbocycles. The van der Waals surface area contributed by atoms with Gasteiger partial charge in [0.1, 0.15) is 0 Å². The molecule has 3 heteroatoms. The Hall–Kier alpha value is -1.45. The van der Waals surface area contributed by atoms with Crippen molar-refractivity contribution in [3.05, 3.63) is 42.1 Å². The lowest BCUT2D eigenvalue weighted by Gasteiger charge is -2.20. The molecule has 0 saturated carbocycles. The SMILES string of the molecule is CC1CCC(C(N)c2ccc3ncccc3c2)O1. The van der Waals surface area contributed by atoms with E-state index in [1.165, 1.54) is 0 Å². The van der Waals surface area contributed by atoms with Crippen LogP contribution >= 0.6 is 0 Å². The molecule has 1 aliphatic rings. The van der Waals surface area contributed by atoms with Crippen LogP contribution in [0, 0.1) is 0 Å². The number of nitrogens with two attached hydrogens (primary N) is 1. The number of rotatable bonds is 2. The van der Waals surface area contributed by atoms with Gasteiger partial charge in [-0.05, 0) is 43.5 Å². The van der Waals surface area contributed by atoms with Gasteiger partial charge < -0.3 is 10.5 Å². The van der Waals surface area contributed by atoms with Crippen molar-refractivity contribution in [1.29, 1.82) is 0 Å². The number of hydrogen-bond acceptors (Lipinski definition) is 3. The summed E-state index contributed by atoms with van der Waals surface area (Å²) in [5.74, 6) is 0. The maximum atomic E-state index is 6.31. The van der Waals surface area contributed by atoms with Gasteiger partial charge in [0.2, 0.25) is 0 Å². The lowest BCUT2D eigenvalue weighted by atomic mass is 9.98. The summed E-state index contributed by atoms with van der Waals surface area (Å²) in [6.45, 7) is 2.11. The highest BCUT2D eigenvalue weighted by molar-refractivity contribution is 5.79. The van der Waals surface area contributed by atoms with E-state index < -0.39 is 0 Å². The van der Waals surface area contributed by atoms with Crippen LogP contribution in [0.2, 0.25) is 0 Å². The minimum absolute atomic E-state index is 0.0421. The summed E-state index contributed by atoms with van der Waals surface area (Å²) in [7, 11) is 0. The number of ether oxygens (including phenoxy) is 1. The van der Waals surface area contributed by atoms with Gasteiger partial charge in [-0.1, -0.05) is 12.1 Å². The third-order valence-corrected chi connectivity index (χ3v) is 3.68. The summed E-state index contributed by atoms with van der Waals surface area (Å²) < 4.78 is 5.85. The Kier molecular flexibility index (Phi) is 3.02. The summed E-state index contributed by atoms with van der Waals surface area (Å²) in [6.07, 6.45) is 4.45. The van der Waals surface area contributed by atoms with Crippen LogP contribution in [0.3, 0.4) is 0 Å². The third kappa shape index (κ3) is 2.11. The lowest BCUT2D eigenvalue weighted by Crippen LogP contribution is -2.26. The van der Waals surface area contributed by atoms with Crippen LogP contribution in [-0.2, 0) is 4.74 Å². The highest BCUT2D eigenvalue weighted by Gasteiger charge is 2.28. The number of nitrogens with zero attached hydrogens (tertiary/aromatic N) is 1. The zero-order chi connectivity index (χ0) is 12.5. The summed E-state index contributed by atoms with van der Waals surface area (Å²) in [5.41, 5.74) is 8.45. The van der Waals surface area contributed by atoms with E-state index in [0.29, 0.717) is 6.10 Å². The predicted molar refractivity (Wildman–Crippen MR) is 72.2 cm³/mol. The molecule has 2 heterocycles. The van der Waals surface area contributed by atoms with Gasteiger partial charge in [0.25, 0.3) is 0 Å². The average molecular weight is 242 g/mol. The van der Waals surface area contributed by atoms with E-state index in [4.69, 9.17) is 10.5 Å². The van der Waals surface area contributed by atoms with Crippen molar-refractivity contribution in [1.82, 2.24) is 4.98 Å². The fourth-order valence-electron chi connectivity index (χ4n) is 2.61. The molecule has 1 aliphatic heterocycles. The van der Waals surface area contributed by atoms with Crippen molar-refractivity contribution >= 4 is 10.9 Å². The predicted octanol–water partition coefficient (Wildman–Crippen LogP) is 2.80. The Balaban J connectivity index is 1.89. The van der Waals surface area contributed by atoms with Crippen molar-refractivity contribution in [2.45, 2.75) is 38.0 Å². The molecule has 3 unspecified atom stereocenters. The first-order valence-electron chi connectivity index (χ1n) is 6.50. The van der Waals surface area contributed by atoms with E-state index >= 15 is 0 Å². The molecule has 0 bridgehead atoms. The molecule has 94 valence electrons. The Morgan fingerprint density at radius 1 is 1.33 bits per heavy atom. The molecule has 1 aromatic heterocycles.